The first-order valence-electron chi connectivity index (χ1n) is 4.61. The fourth-order valence-electron chi connectivity index (χ4n) is 1.05. The Hall–Kier alpha value is -1.71. The molecule has 0 fully saturated rings. The SMILES string of the molecule is CC(C)(C)OC(=O)c1cc(N)ccc1O. The molecule has 0 bridgehead atoms. The number of phenolic OH excluding ortho intramolecular Hbond substituents is 1. The summed E-state index contributed by atoms with van der Waals surface area (Å²) in [4.78, 5) is 11.6. The van der Waals surface area contributed by atoms with Gasteiger partial charge in [-0.1, -0.05) is 0 Å². The summed E-state index contributed by atoms with van der Waals surface area (Å²) >= 11 is 0. The smallest absolute Gasteiger partial charge is 0.342 e. The molecule has 0 unspecified atom stereocenters. The highest BCUT2D eigenvalue weighted by Crippen LogP contribution is 2.22. The molecule has 0 radical (unpaired) electrons. The highest BCUT2D eigenvalue weighted by atomic mass is 16.6. The van der Waals surface area contributed by atoms with Crippen molar-refractivity contribution in [1.82, 2.24) is 0 Å². The van der Waals surface area contributed by atoms with Crippen LogP contribution in [0.4, 0.5) is 5.69 Å². The number of anilines is 1. The number of carbonyl (C=O) groups is 1. The highest BCUT2D eigenvalue weighted by molar-refractivity contribution is 5.93. The van der Waals surface area contributed by atoms with Crippen LogP contribution in [0.2, 0.25) is 0 Å². The van der Waals surface area contributed by atoms with Crippen LogP contribution in [-0.4, -0.2) is 16.7 Å². The summed E-state index contributed by atoms with van der Waals surface area (Å²) in [7, 11) is 0. The Morgan fingerprint density at radius 2 is 2.00 bits per heavy atom. The van der Waals surface area contributed by atoms with E-state index in [4.69, 9.17) is 10.5 Å². The number of rotatable bonds is 1. The van der Waals surface area contributed by atoms with Crippen LogP contribution in [0.25, 0.3) is 0 Å². The minimum absolute atomic E-state index is 0.0879. The molecule has 0 aliphatic rings. The van der Waals surface area contributed by atoms with Crippen molar-refractivity contribution in [2.75, 3.05) is 5.73 Å². The van der Waals surface area contributed by atoms with E-state index in [1.54, 1.807) is 20.8 Å². The van der Waals surface area contributed by atoms with Crippen LogP contribution in [-0.2, 0) is 4.74 Å². The van der Waals surface area contributed by atoms with Crippen molar-refractivity contribution in [2.45, 2.75) is 26.4 Å². The van der Waals surface area contributed by atoms with Gasteiger partial charge in [-0.2, -0.15) is 0 Å². The summed E-state index contributed by atoms with van der Waals surface area (Å²) in [6.45, 7) is 5.27. The second kappa shape index (κ2) is 3.81. The lowest BCUT2D eigenvalue weighted by Crippen LogP contribution is -2.24. The zero-order chi connectivity index (χ0) is 11.6. The maximum absolute atomic E-state index is 11.6. The molecule has 1 rings (SSSR count). The molecule has 0 spiro atoms. The number of nitrogen functional groups attached to an aromatic ring is 1. The van der Waals surface area contributed by atoms with Crippen molar-refractivity contribution in [2.24, 2.45) is 0 Å². The Morgan fingerprint density at radius 3 is 2.53 bits per heavy atom. The monoisotopic (exact) mass is 209 g/mol. The minimum atomic E-state index is -0.589. The molecule has 0 aliphatic carbocycles. The van der Waals surface area contributed by atoms with Gasteiger partial charge in [-0.25, -0.2) is 4.79 Å². The normalized spacial score (nSPS) is 11.1. The molecule has 82 valence electrons. The van der Waals surface area contributed by atoms with Gasteiger partial charge in [-0.3, -0.25) is 0 Å². The molecule has 4 nitrogen and oxygen atoms in total. The van der Waals surface area contributed by atoms with Gasteiger partial charge in [0.05, 0.1) is 0 Å². The van der Waals surface area contributed by atoms with Gasteiger partial charge in [0.15, 0.2) is 0 Å². The van der Waals surface area contributed by atoms with Crippen LogP contribution < -0.4 is 5.73 Å². The molecule has 3 N–H and O–H groups in total. The van der Waals surface area contributed by atoms with E-state index in [0.29, 0.717) is 5.69 Å². The summed E-state index contributed by atoms with van der Waals surface area (Å²) in [6.07, 6.45) is 0. The van der Waals surface area contributed by atoms with Gasteiger partial charge < -0.3 is 15.6 Å². The number of hydrogen-bond donors (Lipinski definition) is 2. The van der Waals surface area contributed by atoms with Crippen molar-refractivity contribution >= 4 is 11.7 Å². The molecule has 0 amide bonds. The van der Waals surface area contributed by atoms with Crippen LogP contribution in [0.5, 0.6) is 5.75 Å². The summed E-state index contributed by atoms with van der Waals surface area (Å²) in [6, 6.07) is 4.28. The number of phenols is 1. The van der Waals surface area contributed by atoms with Crippen LogP contribution in [0.15, 0.2) is 18.2 Å². The van der Waals surface area contributed by atoms with Crippen LogP contribution in [0.3, 0.4) is 0 Å². The fourth-order valence-corrected chi connectivity index (χ4v) is 1.05. The molecular formula is C11H15NO3. The van der Waals surface area contributed by atoms with Crippen LogP contribution >= 0.6 is 0 Å². The van der Waals surface area contributed by atoms with Crippen molar-refractivity contribution in [3.05, 3.63) is 23.8 Å². The van der Waals surface area contributed by atoms with Gasteiger partial charge in [-0.15, -0.1) is 0 Å². The molecule has 4 heteroatoms. The fraction of sp³-hybridized carbons (Fsp3) is 0.364. The van der Waals surface area contributed by atoms with Gasteiger partial charge in [0.25, 0.3) is 0 Å². The van der Waals surface area contributed by atoms with Gasteiger partial charge in [-0.05, 0) is 39.0 Å². The van der Waals surface area contributed by atoms with Crippen molar-refractivity contribution < 1.29 is 14.6 Å². The predicted octanol–water partition coefficient (Wildman–Crippen LogP) is 1.93. The summed E-state index contributed by atoms with van der Waals surface area (Å²) in [5.41, 5.74) is 5.42. The molecular weight excluding hydrogens is 194 g/mol. The number of esters is 1. The maximum Gasteiger partial charge on any atom is 0.342 e. The number of hydrogen-bond acceptors (Lipinski definition) is 4. The van der Waals surface area contributed by atoms with E-state index in [1.165, 1.54) is 18.2 Å². The summed E-state index contributed by atoms with van der Waals surface area (Å²) in [5.74, 6) is -0.703. The lowest BCUT2D eigenvalue weighted by molar-refractivity contribution is 0.00669. The van der Waals surface area contributed by atoms with E-state index in [-0.39, 0.29) is 11.3 Å². The van der Waals surface area contributed by atoms with Gasteiger partial charge in [0.2, 0.25) is 0 Å². The maximum atomic E-state index is 11.6. The highest BCUT2D eigenvalue weighted by Gasteiger charge is 2.20. The molecule has 0 saturated heterocycles. The Kier molecular flexibility index (Phi) is 2.88. The molecule has 1 aromatic carbocycles. The Labute approximate surface area is 88.7 Å². The molecule has 0 aromatic heterocycles. The summed E-state index contributed by atoms with van der Waals surface area (Å²) in [5, 5.41) is 9.45. The van der Waals surface area contributed by atoms with Crippen molar-refractivity contribution in [3.63, 3.8) is 0 Å². The number of aromatic hydroxyl groups is 1. The average Bonchev–Trinajstić information content (AvgIpc) is 2.06. The topological polar surface area (TPSA) is 72.5 Å². The first-order valence-corrected chi connectivity index (χ1v) is 4.61. The van der Waals surface area contributed by atoms with E-state index in [0.717, 1.165) is 0 Å². The van der Waals surface area contributed by atoms with Gasteiger partial charge >= 0.3 is 5.97 Å². The third-order valence-electron chi connectivity index (χ3n) is 1.64. The number of nitrogens with two attached hydrogens (primary N) is 1. The first kappa shape index (κ1) is 11.4. The zero-order valence-electron chi connectivity index (χ0n) is 9.07. The lowest BCUT2D eigenvalue weighted by atomic mass is 10.1. The quantitative estimate of drug-likeness (QED) is 0.421. The van der Waals surface area contributed by atoms with Crippen LogP contribution in [0, 0.1) is 0 Å². The molecule has 0 saturated carbocycles. The Bertz CT molecular complexity index is 380. The molecule has 0 heterocycles. The van der Waals surface area contributed by atoms with E-state index in [9.17, 15) is 9.90 Å². The van der Waals surface area contributed by atoms with Crippen LogP contribution in [0.1, 0.15) is 31.1 Å². The number of carbonyl (C=O) groups excluding carboxylic acids is 1. The molecule has 1 aromatic rings. The number of benzene rings is 1. The third kappa shape index (κ3) is 3.16. The number of ether oxygens (including phenoxy) is 1. The average molecular weight is 209 g/mol. The third-order valence-corrected chi connectivity index (χ3v) is 1.64. The predicted molar refractivity (Wildman–Crippen MR) is 57.7 cm³/mol. The minimum Gasteiger partial charge on any atom is -0.507 e. The standard InChI is InChI=1S/C11H15NO3/c1-11(2,3)15-10(14)8-6-7(12)4-5-9(8)13/h4-6,13H,12H2,1-3H3. The zero-order valence-corrected chi connectivity index (χ0v) is 9.07. The van der Waals surface area contributed by atoms with E-state index >= 15 is 0 Å². The van der Waals surface area contributed by atoms with E-state index < -0.39 is 11.6 Å². The van der Waals surface area contributed by atoms with Crippen molar-refractivity contribution in [3.8, 4) is 5.75 Å². The Balaban J connectivity index is 2.96. The second-order valence-electron chi connectivity index (χ2n) is 4.28. The second-order valence-corrected chi connectivity index (χ2v) is 4.28. The lowest BCUT2D eigenvalue weighted by Gasteiger charge is -2.19. The summed E-state index contributed by atoms with van der Waals surface area (Å²) < 4.78 is 5.11. The Morgan fingerprint density at radius 1 is 1.40 bits per heavy atom. The largest absolute Gasteiger partial charge is 0.507 e. The van der Waals surface area contributed by atoms with E-state index in [1.807, 2.05) is 0 Å². The van der Waals surface area contributed by atoms with Gasteiger partial charge in [0, 0.05) is 5.69 Å². The molecule has 0 aliphatic heterocycles. The van der Waals surface area contributed by atoms with E-state index in [2.05, 4.69) is 0 Å². The molecule has 0 atom stereocenters. The van der Waals surface area contributed by atoms with Gasteiger partial charge in [0.1, 0.15) is 16.9 Å². The van der Waals surface area contributed by atoms with Crippen molar-refractivity contribution in [1.29, 1.82) is 0 Å². The first-order chi connectivity index (χ1) is 6.79. The molecule has 15 heavy (non-hydrogen) atoms.